The summed E-state index contributed by atoms with van der Waals surface area (Å²) in [5.41, 5.74) is 0.853. The van der Waals surface area contributed by atoms with Gasteiger partial charge >= 0.3 is 0 Å². The topological polar surface area (TPSA) is 12.5 Å². The van der Waals surface area contributed by atoms with E-state index in [2.05, 4.69) is 15.9 Å². The Morgan fingerprint density at radius 2 is 2.25 bits per heavy atom. The van der Waals surface area contributed by atoms with E-state index in [0.717, 1.165) is 12.2 Å². The Labute approximate surface area is 78.7 Å². The van der Waals surface area contributed by atoms with Crippen LogP contribution in [0.4, 0.5) is 4.39 Å². The van der Waals surface area contributed by atoms with Crippen molar-refractivity contribution >= 4 is 15.9 Å². The van der Waals surface area contributed by atoms with Crippen molar-refractivity contribution in [2.45, 2.75) is 12.5 Å². The van der Waals surface area contributed by atoms with E-state index in [1.807, 2.05) is 6.92 Å². The molecule has 1 aliphatic rings. The third-order valence-electron chi connectivity index (χ3n) is 2.11. The lowest BCUT2D eigenvalue weighted by Gasteiger charge is -2.05. The zero-order valence-corrected chi connectivity index (χ0v) is 8.19. The second-order valence-electron chi connectivity index (χ2n) is 3.15. The van der Waals surface area contributed by atoms with Crippen LogP contribution in [0.15, 0.2) is 22.7 Å². The fourth-order valence-electron chi connectivity index (χ4n) is 1.10. The summed E-state index contributed by atoms with van der Waals surface area (Å²) in [7, 11) is 0. The lowest BCUT2D eigenvalue weighted by Crippen LogP contribution is -2.01. The quantitative estimate of drug-likeness (QED) is 0.677. The predicted molar refractivity (Wildman–Crippen MR) is 47.4 cm³/mol. The normalized spacial score (nSPS) is 27.2. The monoisotopic (exact) mass is 230 g/mol. The highest BCUT2D eigenvalue weighted by atomic mass is 79.9. The minimum absolute atomic E-state index is 0.170. The van der Waals surface area contributed by atoms with Crippen molar-refractivity contribution in [2.75, 3.05) is 6.61 Å². The number of ether oxygens (including phenoxy) is 1. The maximum Gasteiger partial charge on any atom is 0.137 e. The van der Waals surface area contributed by atoms with Gasteiger partial charge in [0.05, 0.1) is 11.1 Å². The molecule has 0 amide bonds. The van der Waals surface area contributed by atoms with E-state index in [1.54, 1.807) is 12.1 Å². The van der Waals surface area contributed by atoms with E-state index < -0.39 is 0 Å². The van der Waals surface area contributed by atoms with E-state index in [4.69, 9.17) is 4.74 Å². The maximum atomic E-state index is 12.8. The molecule has 1 fully saturated rings. The maximum absolute atomic E-state index is 12.8. The largest absolute Gasteiger partial charge is 0.365 e. The van der Waals surface area contributed by atoms with Crippen LogP contribution in [0.3, 0.4) is 0 Å². The number of epoxide rings is 1. The molecule has 3 heteroatoms. The highest BCUT2D eigenvalue weighted by Crippen LogP contribution is 2.38. The Morgan fingerprint density at radius 1 is 1.58 bits per heavy atom. The van der Waals surface area contributed by atoms with Crippen molar-refractivity contribution in [3.63, 3.8) is 0 Å². The minimum Gasteiger partial charge on any atom is -0.365 e. The van der Waals surface area contributed by atoms with E-state index >= 15 is 0 Å². The molecule has 0 aromatic heterocycles. The van der Waals surface area contributed by atoms with Crippen molar-refractivity contribution in [3.8, 4) is 0 Å². The number of benzene rings is 1. The smallest absolute Gasteiger partial charge is 0.137 e. The van der Waals surface area contributed by atoms with Crippen LogP contribution < -0.4 is 0 Å². The summed E-state index contributed by atoms with van der Waals surface area (Å²) >= 11 is 3.14. The van der Waals surface area contributed by atoms with Gasteiger partial charge in [-0.3, -0.25) is 0 Å². The van der Waals surface area contributed by atoms with Gasteiger partial charge in [0.15, 0.2) is 0 Å². The molecule has 1 atom stereocenters. The van der Waals surface area contributed by atoms with Gasteiger partial charge in [-0.15, -0.1) is 0 Å². The van der Waals surface area contributed by atoms with Gasteiger partial charge in [0.25, 0.3) is 0 Å². The van der Waals surface area contributed by atoms with Gasteiger partial charge in [0, 0.05) is 0 Å². The summed E-state index contributed by atoms with van der Waals surface area (Å²) < 4.78 is 18.6. The minimum atomic E-state index is -0.233. The Bertz CT molecular complexity index is 320. The van der Waals surface area contributed by atoms with Crippen LogP contribution in [-0.2, 0) is 10.3 Å². The third kappa shape index (κ3) is 1.27. The number of rotatable bonds is 1. The molecule has 0 spiro atoms. The van der Waals surface area contributed by atoms with Crippen molar-refractivity contribution in [1.29, 1.82) is 0 Å². The SMILES string of the molecule is CC1(c2ccc(F)c(Br)c2)CO1. The molecule has 1 saturated heterocycles. The van der Waals surface area contributed by atoms with Gasteiger partial charge in [-0.25, -0.2) is 4.39 Å². The average Bonchev–Trinajstić information content (AvgIpc) is 2.75. The highest BCUT2D eigenvalue weighted by molar-refractivity contribution is 9.10. The first-order valence-corrected chi connectivity index (χ1v) is 4.51. The van der Waals surface area contributed by atoms with E-state index in [0.29, 0.717) is 4.47 Å². The molecule has 1 aliphatic heterocycles. The fourth-order valence-corrected chi connectivity index (χ4v) is 1.48. The van der Waals surface area contributed by atoms with Crippen LogP contribution in [-0.4, -0.2) is 6.61 Å². The third-order valence-corrected chi connectivity index (χ3v) is 2.72. The molecule has 12 heavy (non-hydrogen) atoms. The Morgan fingerprint density at radius 3 is 2.75 bits per heavy atom. The fraction of sp³-hybridized carbons (Fsp3) is 0.333. The first kappa shape index (κ1) is 8.20. The first-order chi connectivity index (χ1) is 5.62. The molecule has 1 unspecified atom stereocenters. The van der Waals surface area contributed by atoms with Crippen LogP contribution >= 0.6 is 15.9 Å². The van der Waals surface area contributed by atoms with Crippen LogP contribution in [0.5, 0.6) is 0 Å². The molecule has 64 valence electrons. The highest BCUT2D eigenvalue weighted by Gasteiger charge is 2.41. The van der Waals surface area contributed by atoms with Crippen LogP contribution in [0.25, 0.3) is 0 Å². The van der Waals surface area contributed by atoms with E-state index in [9.17, 15) is 4.39 Å². The lowest BCUT2D eigenvalue weighted by atomic mass is 10.0. The zero-order chi connectivity index (χ0) is 8.77. The molecule has 0 radical (unpaired) electrons. The van der Waals surface area contributed by atoms with Crippen molar-refractivity contribution < 1.29 is 9.13 Å². The molecule has 1 heterocycles. The van der Waals surface area contributed by atoms with Gasteiger partial charge in [-0.05, 0) is 40.5 Å². The number of hydrogen-bond donors (Lipinski definition) is 0. The standard InChI is InChI=1S/C9H8BrFO/c1-9(5-12-9)6-2-3-8(11)7(10)4-6/h2-4H,5H2,1H3. The molecule has 1 nitrogen and oxygen atoms in total. The summed E-state index contributed by atoms with van der Waals surface area (Å²) in [4.78, 5) is 0. The van der Waals surface area contributed by atoms with Gasteiger partial charge in [-0.1, -0.05) is 6.07 Å². The summed E-state index contributed by atoms with van der Waals surface area (Å²) in [5.74, 6) is -0.233. The van der Waals surface area contributed by atoms with Crippen molar-refractivity contribution in [2.24, 2.45) is 0 Å². The van der Waals surface area contributed by atoms with E-state index in [1.165, 1.54) is 6.07 Å². The van der Waals surface area contributed by atoms with Gasteiger partial charge in [-0.2, -0.15) is 0 Å². The van der Waals surface area contributed by atoms with Crippen LogP contribution in [0.1, 0.15) is 12.5 Å². The molecular weight excluding hydrogens is 223 g/mol. The van der Waals surface area contributed by atoms with Crippen LogP contribution in [0.2, 0.25) is 0 Å². The summed E-state index contributed by atoms with van der Waals surface area (Å²) in [6, 6.07) is 4.97. The molecule has 0 N–H and O–H groups in total. The van der Waals surface area contributed by atoms with E-state index in [-0.39, 0.29) is 11.4 Å². The Kier molecular flexibility index (Phi) is 1.73. The van der Waals surface area contributed by atoms with Gasteiger partial charge < -0.3 is 4.74 Å². The molecule has 0 aliphatic carbocycles. The molecule has 0 bridgehead atoms. The Hall–Kier alpha value is -0.410. The van der Waals surface area contributed by atoms with Crippen molar-refractivity contribution in [3.05, 3.63) is 34.1 Å². The molecule has 1 aromatic carbocycles. The number of hydrogen-bond acceptors (Lipinski definition) is 1. The average molecular weight is 231 g/mol. The molecule has 2 rings (SSSR count). The molecule has 1 aromatic rings. The molecular formula is C9H8BrFO. The number of halogens is 2. The Balaban J connectivity index is 2.41. The zero-order valence-electron chi connectivity index (χ0n) is 6.60. The van der Waals surface area contributed by atoms with Gasteiger partial charge in [0.1, 0.15) is 11.4 Å². The summed E-state index contributed by atoms with van der Waals surface area (Å²) in [5, 5.41) is 0. The summed E-state index contributed by atoms with van der Waals surface area (Å²) in [6.07, 6.45) is 0. The first-order valence-electron chi connectivity index (χ1n) is 3.71. The lowest BCUT2D eigenvalue weighted by molar-refractivity contribution is 0.329. The van der Waals surface area contributed by atoms with Crippen LogP contribution in [0, 0.1) is 5.82 Å². The summed E-state index contributed by atoms with van der Waals surface area (Å²) in [6.45, 7) is 2.72. The second-order valence-corrected chi connectivity index (χ2v) is 4.00. The predicted octanol–water partition coefficient (Wildman–Crippen LogP) is 2.83. The van der Waals surface area contributed by atoms with Crippen molar-refractivity contribution in [1.82, 2.24) is 0 Å². The second kappa shape index (κ2) is 2.54. The molecule has 0 saturated carbocycles. The van der Waals surface area contributed by atoms with Gasteiger partial charge in [0.2, 0.25) is 0 Å².